The van der Waals surface area contributed by atoms with Gasteiger partial charge in [-0.3, -0.25) is 9.45 Å². The van der Waals surface area contributed by atoms with E-state index < -0.39 is 15.5 Å². The van der Waals surface area contributed by atoms with E-state index in [0.717, 1.165) is 19.6 Å². The molecule has 1 N–H and O–H groups in total. The molecule has 0 aromatic carbocycles. The van der Waals surface area contributed by atoms with Crippen LogP contribution in [0.15, 0.2) is 0 Å². The molecule has 6 heteroatoms. The number of likely N-dealkylation sites (N-methyl/N-ethyl adjacent to an activating group) is 1. The molecular formula is C8H18N2O3S. The van der Waals surface area contributed by atoms with Crippen LogP contribution < -0.4 is 0 Å². The molecule has 1 atom stereocenters. The van der Waals surface area contributed by atoms with Crippen LogP contribution in [-0.2, 0) is 10.1 Å². The molecule has 0 radical (unpaired) electrons. The van der Waals surface area contributed by atoms with Gasteiger partial charge < -0.3 is 4.90 Å². The predicted molar refractivity (Wildman–Crippen MR) is 54.7 cm³/mol. The second-order valence-corrected chi connectivity index (χ2v) is 5.30. The van der Waals surface area contributed by atoms with Crippen molar-refractivity contribution in [3.05, 3.63) is 0 Å². The van der Waals surface area contributed by atoms with Gasteiger partial charge in [-0.1, -0.05) is 6.92 Å². The van der Waals surface area contributed by atoms with E-state index in [0.29, 0.717) is 13.1 Å². The van der Waals surface area contributed by atoms with Gasteiger partial charge in [-0.25, -0.2) is 0 Å². The van der Waals surface area contributed by atoms with Gasteiger partial charge in [0.25, 0.3) is 10.1 Å². The minimum Gasteiger partial charge on any atom is -0.301 e. The molecular weight excluding hydrogens is 204 g/mol. The average Bonchev–Trinajstić information content (AvgIpc) is 2.15. The Labute approximate surface area is 85.4 Å². The molecule has 5 nitrogen and oxygen atoms in total. The Morgan fingerprint density at radius 2 is 1.79 bits per heavy atom. The molecule has 0 amide bonds. The Bertz CT molecular complexity index is 270. The summed E-state index contributed by atoms with van der Waals surface area (Å²) >= 11 is 0. The van der Waals surface area contributed by atoms with Gasteiger partial charge in [-0.05, 0) is 13.5 Å². The van der Waals surface area contributed by atoms with Crippen molar-refractivity contribution in [3.8, 4) is 0 Å². The highest BCUT2D eigenvalue weighted by molar-refractivity contribution is 7.86. The van der Waals surface area contributed by atoms with Crippen LogP contribution in [0.2, 0.25) is 0 Å². The van der Waals surface area contributed by atoms with E-state index in [1.165, 1.54) is 6.92 Å². The Morgan fingerprint density at radius 3 is 2.14 bits per heavy atom. The van der Waals surface area contributed by atoms with Crippen molar-refractivity contribution < 1.29 is 13.0 Å². The number of piperazine rings is 1. The van der Waals surface area contributed by atoms with Gasteiger partial charge in [0.1, 0.15) is 5.37 Å². The molecule has 1 unspecified atom stereocenters. The Kier molecular flexibility index (Phi) is 3.88. The minimum absolute atomic E-state index is 0.703. The first-order valence-corrected chi connectivity index (χ1v) is 6.38. The lowest BCUT2D eigenvalue weighted by Gasteiger charge is -2.36. The van der Waals surface area contributed by atoms with Crippen LogP contribution >= 0.6 is 0 Å². The lowest BCUT2D eigenvalue weighted by atomic mass is 10.3. The van der Waals surface area contributed by atoms with Crippen molar-refractivity contribution in [1.82, 2.24) is 9.80 Å². The highest BCUT2D eigenvalue weighted by atomic mass is 32.2. The molecule has 14 heavy (non-hydrogen) atoms. The molecule has 1 saturated heterocycles. The smallest absolute Gasteiger partial charge is 0.280 e. The zero-order chi connectivity index (χ0) is 10.8. The van der Waals surface area contributed by atoms with Gasteiger partial charge in [-0.2, -0.15) is 8.42 Å². The molecule has 1 heterocycles. The fourth-order valence-corrected chi connectivity index (χ4v) is 2.22. The third kappa shape index (κ3) is 2.91. The number of hydrogen-bond donors (Lipinski definition) is 1. The van der Waals surface area contributed by atoms with Crippen molar-refractivity contribution in [2.75, 3.05) is 32.7 Å². The highest BCUT2D eigenvalue weighted by Crippen LogP contribution is 2.09. The first-order valence-electron chi connectivity index (χ1n) is 4.88. The zero-order valence-electron chi connectivity index (χ0n) is 8.68. The standard InChI is InChI=1S/C8H18N2O3S/c1-3-9-4-6-10(7-5-9)8(2)14(11,12)13/h8H,3-7H2,1-2H3,(H,11,12,13). The maximum Gasteiger partial charge on any atom is 0.280 e. The molecule has 1 aliphatic rings. The molecule has 1 fully saturated rings. The normalized spacial score (nSPS) is 23.6. The Balaban J connectivity index is 2.50. The van der Waals surface area contributed by atoms with Gasteiger partial charge in [0.2, 0.25) is 0 Å². The van der Waals surface area contributed by atoms with E-state index in [1.54, 1.807) is 4.90 Å². The van der Waals surface area contributed by atoms with Gasteiger partial charge in [-0.15, -0.1) is 0 Å². The van der Waals surface area contributed by atoms with E-state index in [1.807, 2.05) is 0 Å². The highest BCUT2D eigenvalue weighted by Gasteiger charge is 2.27. The van der Waals surface area contributed by atoms with Crippen molar-refractivity contribution in [2.24, 2.45) is 0 Å². The van der Waals surface area contributed by atoms with Gasteiger partial charge >= 0.3 is 0 Å². The number of hydrogen-bond acceptors (Lipinski definition) is 4. The molecule has 84 valence electrons. The SMILES string of the molecule is CCN1CCN(C(C)S(=O)(=O)O)CC1. The fraction of sp³-hybridized carbons (Fsp3) is 1.00. The van der Waals surface area contributed by atoms with Crippen LogP contribution in [0, 0.1) is 0 Å². The Morgan fingerprint density at radius 1 is 1.29 bits per heavy atom. The summed E-state index contributed by atoms with van der Waals surface area (Å²) in [4.78, 5) is 4.05. The second-order valence-electron chi connectivity index (χ2n) is 3.58. The molecule has 0 aromatic heterocycles. The second kappa shape index (κ2) is 4.57. The summed E-state index contributed by atoms with van der Waals surface area (Å²) in [5.41, 5.74) is 0. The summed E-state index contributed by atoms with van der Waals surface area (Å²) in [6.07, 6.45) is 0. The van der Waals surface area contributed by atoms with Crippen LogP contribution in [0.3, 0.4) is 0 Å². The molecule has 0 aromatic rings. The average molecular weight is 222 g/mol. The summed E-state index contributed by atoms with van der Waals surface area (Å²) < 4.78 is 30.6. The molecule has 0 bridgehead atoms. The third-order valence-corrected chi connectivity index (χ3v) is 3.96. The molecule has 0 saturated carbocycles. The lowest BCUT2D eigenvalue weighted by molar-refractivity contribution is 0.127. The van der Waals surface area contributed by atoms with Gasteiger partial charge in [0.15, 0.2) is 0 Å². The lowest BCUT2D eigenvalue weighted by Crippen LogP contribution is -2.51. The molecule has 1 aliphatic heterocycles. The summed E-state index contributed by atoms with van der Waals surface area (Å²) in [5, 5.41) is -0.776. The van der Waals surface area contributed by atoms with Crippen molar-refractivity contribution >= 4 is 10.1 Å². The largest absolute Gasteiger partial charge is 0.301 e. The Hall–Kier alpha value is -0.170. The summed E-state index contributed by atoms with van der Waals surface area (Å²) in [7, 11) is -3.92. The van der Waals surface area contributed by atoms with E-state index in [4.69, 9.17) is 4.55 Å². The monoisotopic (exact) mass is 222 g/mol. The topological polar surface area (TPSA) is 60.9 Å². The van der Waals surface area contributed by atoms with Crippen molar-refractivity contribution in [2.45, 2.75) is 19.2 Å². The summed E-state index contributed by atoms with van der Waals surface area (Å²) in [5.74, 6) is 0. The van der Waals surface area contributed by atoms with Crippen LogP contribution in [0.25, 0.3) is 0 Å². The maximum absolute atomic E-state index is 10.9. The first kappa shape index (κ1) is 11.9. The molecule has 0 aliphatic carbocycles. The van der Waals surface area contributed by atoms with E-state index in [2.05, 4.69) is 11.8 Å². The first-order chi connectivity index (χ1) is 6.45. The third-order valence-electron chi connectivity index (χ3n) is 2.80. The van der Waals surface area contributed by atoms with Crippen LogP contribution in [0.4, 0.5) is 0 Å². The minimum atomic E-state index is -3.92. The van der Waals surface area contributed by atoms with Crippen LogP contribution in [0.5, 0.6) is 0 Å². The zero-order valence-corrected chi connectivity index (χ0v) is 9.50. The van der Waals surface area contributed by atoms with E-state index in [-0.39, 0.29) is 0 Å². The molecule has 1 rings (SSSR count). The maximum atomic E-state index is 10.9. The van der Waals surface area contributed by atoms with Gasteiger partial charge in [0.05, 0.1) is 0 Å². The van der Waals surface area contributed by atoms with Gasteiger partial charge in [0, 0.05) is 26.2 Å². The quantitative estimate of drug-likeness (QED) is 0.673. The molecule has 0 spiro atoms. The summed E-state index contributed by atoms with van der Waals surface area (Å²) in [6.45, 7) is 7.75. The van der Waals surface area contributed by atoms with Crippen LogP contribution in [-0.4, -0.2) is 60.9 Å². The number of nitrogens with zero attached hydrogens (tertiary/aromatic N) is 2. The van der Waals surface area contributed by atoms with E-state index in [9.17, 15) is 8.42 Å². The number of rotatable bonds is 3. The van der Waals surface area contributed by atoms with E-state index >= 15 is 0 Å². The van der Waals surface area contributed by atoms with Crippen LogP contribution in [0.1, 0.15) is 13.8 Å². The predicted octanol–water partition coefficient (Wildman–Crippen LogP) is -0.142. The van der Waals surface area contributed by atoms with Crippen molar-refractivity contribution in [3.63, 3.8) is 0 Å². The van der Waals surface area contributed by atoms with Crippen molar-refractivity contribution in [1.29, 1.82) is 0 Å². The summed E-state index contributed by atoms with van der Waals surface area (Å²) in [6, 6.07) is 0. The fourth-order valence-electron chi connectivity index (χ4n) is 1.63.